The molecule has 0 fully saturated rings. The molecule has 0 heterocycles. The molecule has 0 spiro atoms. The summed E-state index contributed by atoms with van der Waals surface area (Å²) in [6.07, 6.45) is 0. The molecule has 45 heavy (non-hydrogen) atoms. The molecule has 0 unspecified atom stereocenters. The zero-order valence-electron chi connectivity index (χ0n) is 23.3. The second kappa shape index (κ2) is 14.8. The first-order chi connectivity index (χ1) is 20.9. The minimum absolute atomic E-state index is 0. The second-order valence-electron chi connectivity index (χ2n) is 10.4. The molecule has 0 aromatic heterocycles. The first-order valence-electron chi connectivity index (χ1n) is 14.5. The molecule has 7 aromatic rings. The minimum atomic E-state index is 0. The van der Waals surface area contributed by atoms with Crippen LogP contribution in [0.15, 0.2) is 182 Å². The van der Waals surface area contributed by atoms with Crippen molar-refractivity contribution in [3.8, 4) is 44.5 Å². The highest BCUT2D eigenvalue weighted by Crippen LogP contribution is 2.48. The van der Waals surface area contributed by atoms with Crippen LogP contribution in [-0.4, -0.2) is 0 Å². The fourth-order valence-corrected chi connectivity index (χ4v) is 6.10. The summed E-state index contributed by atoms with van der Waals surface area (Å²) in [5, 5.41) is 4.96. The van der Waals surface area contributed by atoms with Crippen LogP contribution in [0.2, 0.25) is 0 Å². The van der Waals surface area contributed by atoms with Gasteiger partial charge in [-0.15, -0.1) is 0 Å². The highest BCUT2D eigenvalue weighted by Gasteiger charge is 2.21. The van der Waals surface area contributed by atoms with Crippen LogP contribution in [-0.2, 0) is 0 Å². The summed E-state index contributed by atoms with van der Waals surface area (Å²) < 4.78 is 0. The largest absolute Gasteiger partial charge is 0.0776 e. The smallest absolute Gasteiger partial charge is 0.000786 e. The lowest BCUT2D eigenvalue weighted by atomic mass is 9.81. The minimum Gasteiger partial charge on any atom is -0.0776 e. The molecule has 0 aliphatic rings. The molecule has 0 aliphatic heterocycles. The molecule has 0 atom stereocenters. The van der Waals surface area contributed by atoms with Crippen molar-refractivity contribution in [2.75, 3.05) is 0 Å². The van der Waals surface area contributed by atoms with Crippen LogP contribution in [0.5, 0.6) is 0 Å². The molecule has 0 amide bonds. The second-order valence-corrected chi connectivity index (χ2v) is 10.4. The Bertz CT molecular complexity index is 1890. The van der Waals surface area contributed by atoms with Crippen LogP contribution in [0, 0.1) is 0 Å². The van der Waals surface area contributed by atoms with Gasteiger partial charge < -0.3 is 0 Å². The van der Waals surface area contributed by atoms with Gasteiger partial charge in [-0.3, -0.25) is 0 Å². The van der Waals surface area contributed by atoms with Gasteiger partial charge >= 0.3 is 0 Å². The zero-order valence-corrected chi connectivity index (χ0v) is 23.3. The lowest BCUT2D eigenvalue weighted by Crippen LogP contribution is -1.94. The van der Waals surface area contributed by atoms with E-state index in [1.165, 1.54) is 66.1 Å². The van der Waals surface area contributed by atoms with E-state index in [4.69, 9.17) is 0 Å². The van der Waals surface area contributed by atoms with Crippen LogP contribution in [0.1, 0.15) is 22.3 Å². The maximum atomic E-state index is 2.29. The van der Waals surface area contributed by atoms with Crippen LogP contribution in [0.25, 0.3) is 66.1 Å². The molecular weight excluding hydrogens is 540 g/mol. The Morgan fingerprint density at radius 2 is 0.467 bits per heavy atom. The van der Waals surface area contributed by atoms with Crippen molar-refractivity contribution >= 4 is 21.5 Å². The molecule has 222 valence electrons. The monoisotopic (exact) mass is 582 g/mol. The van der Waals surface area contributed by atoms with Gasteiger partial charge in [-0.05, 0) is 66.1 Å². The molecular formula is C45H42. The Labute approximate surface area is 269 Å². The number of fused-ring (bicyclic) bond motifs is 2. The third-order valence-corrected chi connectivity index (χ3v) is 7.91. The van der Waals surface area contributed by atoms with Gasteiger partial charge in [0.05, 0.1) is 0 Å². The normalized spacial score (nSPS) is 10.1. The highest BCUT2D eigenvalue weighted by molar-refractivity contribution is 6.27. The van der Waals surface area contributed by atoms with E-state index in [9.17, 15) is 0 Å². The summed E-state index contributed by atoms with van der Waals surface area (Å²) in [5.74, 6) is 0. The van der Waals surface area contributed by atoms with Crippen molar-refractivity contribution < 1.29 is 0 Å². The summed E-state index contributed by atoms with van der Waals surface area (Å²) in [7, 11) is 0. The first kappa shape index (κ1) is 32.5. The molecule has 0 bridgehead atoms. The molecule has 0 saturated heterocycles. The summed E-state index contributed by atoms with van der Waals surface area (Å²) >= 11 is 0. The van der Waals surface area contributed by atoms with E-state index < -0.39 is 0 Å². The van der Waals surface area contributed by atoms with Gasteiger partial charge in [-0.25, -0.2) is 0 Å². The lowest BCUT2D eigenvalue weighted by Gasteiger charge is -2.21. The Morgan fingerprint density at radius 3 is 0.800 bits per heavy atom. The zero-order chi connectivity index (χ0) is 28.1. The average Bonchev–Trinajstić information content (AvgIpc) is 3.07. The van der Waals surface area contributed by atoms with Crippen molar-refractivity contribution in [1.82, 2.24) is 0 Å². The Morgan fingerprint density at radius 1 is 0.222 bits per heavy atom. The van der Waals surface area contributed by atoms with Gasteiger partial charge in [0.2, 0.25) is 0 Å². The fraction of sp³-hybridized carbons (Fsp3) is 0.0667. The molecule has 0 nitrogen and oxygen atoms in total. The summed E-state index contributed by atoms with van der Waals surface area (Å²) in [4.78, 5) is 0. The van der Waals surface area contributed by atoms with Gasteiger partial charge in [0.25, 0.3) is 0 Å². The standard InChI is InChI=1S/C42H30.3CH4/c1-2-16-28-36(32-21-9-4-10-22-32)42-40(34-25-13-6-14-26-34)38-30-18-17-29-37(38)39(33-23-11-5-12-24-33)41(42)35(27-15-1)31-19-7-3-8-20-31;;;/h1-30H;3*1H4. The maximum absolute atomic E-state index is 2.29. The van der Waals surface area contributed by atoms with Gasteiger partial charge in [0.15, 0.2) is 0 Å². The van der Waals surface area contributed by atoms with Gasteiger partial charge in [-0.2, -0.15) is 0 Å². The maximum Gasteiger partial charge on any atom is -0.000786 e. The molecule has 0 N–H and O–H groups in total. The lowest BCUT2D eigenvalue weighted by molar-refractivity contribution is 1.62. The predicted octanol–water partition coefficient (Wildman–Crippen LogP) is 13.7. The van der Waals surface area contributed by atoms with E-state index in [-0.39, 0.29) is 22.3 Å². The summed E-state index contributed by atoms with van der Waals surface area (Å²) in [6.45, 7) is 0. The third-order valence-electron chi connectivity index (χ3n) is 7.91. The van der Waals surface area contributed by atoms with E-state index in [1.807, 2.05) is 0 Å². The summed E-state index contributed by atoms with van der Waals surface area (Å²) in [5.41, 5.74) is 9.66. The van der Waals surface area contributed by atoms with Crippen molar-refractivity contribution in [2.45, 2.75) is 22.3 Å². The Balaban J connectivity index is 0.00000154. The fourth-order valence-electron chi connectivity index (χ4n) is 6.10. The van der Waals surface area contributed by atoms with Crippen LogP contribution < -0.4 is 0 Å². The number of rotatable bonds is 4. The van der Waals surface area contributed by atoms with Crippen LogP contribution in [0.4, 0.5) is 0 Å². The first-order valence-corrected chi connectivity index (χ1v) is 14.5. The van der Waals surface area contributed by atoms with E-state index in [1.54, 1.807) is 0 Å². The Kier molecular flexibility index (Phi) is 10.7. The molecule has 7 rings (SSSR count). The van der Waals surface area contributed by atoms with E-state index in [0.29, 0.717) is 0 Å². The number of hydrogen-bond donors (Lipinski definition) is 0. The van der Waals surface area contributed by atoms with E-state index in [0.717, 1.165) is 0 Å². The van der Waals surface area contributed by atoms with Crippen molar-refractivity contribution in [1.29, 1.82) is 0 Å². The average molecular weight is 583 g/mol. The molecule has 0 aliphatic carbocycles. The van der Waals surface area contributed by atoms with Crippen molar-refractivity contribution in [3.63, 3.8) is 0 Å². The SMILES string of the molecule is C.C.C.c1ccc(-c2ccccccc(-c3ccccc3)c3c(-c4ccccc4)c4ccccc4c(-c4ccccc4)c23)cc1. The van der Waals surface area contributed by atoms with Gasteiger partial charge in [-0.1, -0.05) is 204 Å². The predicted molar refractivity (Wildman–Crippen MR) is 201 cm³/mol. The van der Waals surface area contributed by atoms with E-state index >= 15 is 0 Å². The van der Waals surface area contributed by atoms with Gasteiger partial charge in [0, 0.05) is 0 Å². The molecule has 0 heteroatoms. The third kappa shape index (κ3) is 6.28. The Hall–Kier alpha value is -5.46. The van der Waals surface area contributed by atoms with Crippen molar-refractivity contribution in [3.05, 3.63) is 182 Å². The van der Waals surface area contributed by atoms with E-state index in [2.05, 4.69) is 182 Å². The molecule has 0 saturated carbocycles. The van der Waals surface area contributed by atoms with Crippen LogP contribution >= 0.6 is 0 Å². The quantitative estimate of drug-likeness (QED) is 0.194. The topological polar surface area (TPSA) is 0 Å². The highest BCUT2D eigenvalue weighted by atomic mass is 14.2. The number of benzene rings is 6. The van der Waals surface area contributed by atoms with Crippen LogP contribution in [0.3, 0.4) is 0 Å². The molecule has 7 aromatic carbocycles. The number of hydrogen-bond acceptors (Lipinski definition) is 0. The van der Waals surface area contributed by atoms with Gasteiger partial charge in [0.1, 0.15) is 0 Å². The molecule has 0 radical (unpaired) electrons. The van der Waals surface area contributed by atoms with Crippen molar-refractivity contribution in [2.24, 2.45) is 0 Å². The summed E-state index contributed by atoms with van der Waals surface area (Å²) in [6, 6.07) is 65.4.